The number of carbonyl (C=O) groups excluding carboxylic acids is 1. The monoisotopic (exact) mass is 491 g/mol. The molecule has 2 heterocycles. The van der Waals surface area contributed by atoms with E-state index in [2.05, 4.69) is 4.99 Å². The highest BCUT2D eigenvalue weighted by Gasteiger charge is 2.31. The number of hydrogen-bond donors (Lipinski definition) is 1. The van der Waals surface area contributed by atoms with E-state index in [1.807, 2.05) is 42.5 Å². The molecule has 1 unspecified atom stereocenters. The third kappa shape index (κ3) is 4.52. The van der Waals surface area contributed by atoms with Gasteiger partial charge in [-0.05, 0) is 65.1 Å². The van der Waals surface area contributed by atoms with Crippen molar-refractivity contribution < 1.29 is 18.7 Å². The van der Waals surface area contributed by atoms with Crippen molar-refractivity contribution in [1.82, 2.24) is 4.90 Å². The molecule has 2 N–H and O–H groups in total. The van der Waals surface area contributed by atoms with Gasteiger partial charge in [-0.15, -0.1) is 0 Å². The van der Waals surface area contributed by atoms with Crippen LogP contribution in [0.15, 0.2) is 65.7 Å². The summed E-state index contributed by atoms with van der Waals surface area (Å²) in [5.41, 5.74) is 10.9. The Hall–Kier alpha value is -3.68. The van der Waals surface area contributed by atoms with Crippen LogP contribution in [0.4, 0.5) is 4.39 Å². The lowest BCUT2D eigenvalue weighted by Crippen LogP contribution is -2.33. The van der Waals surface area contributed by atoms with E-state index in [9.17, 15) is 4.79 Å². The first-order valence-electron chi connectivity index (χ1n) is 11.1. The minimum Gasteiger partial charge on any atom is -0.454 e. The van der Waals surface area contributed by atoms with Crippen LogP contribution in [0.2, 0.25) is 5.02 Å². The molecular weight excluding hydrogens is 469 g/mol. The van der Waals surface area contributed by atoms with E-state index in [0.717, 1.165) is 22.3 Å². The second-order valence-electron chi connectivity index (χ2n) is 8.40. The van der Waals surface area contributed by atoms with Gasteiger partial charge in [0.15, 0.2) is 17.5 Å². The van der Waals surface area contributed by atoms with Crippen molar-refractivity contribution in [2.24, 2.45) is 10.7 Å². The number of ether oxygens (including phenoxy) is 2. The van der Waals surface area contributed by atoms with Crippen LogP contribution in [0.1, 0.15) is 29.2 Å². The minimum atomic E-state index is -0.690. The van der Waals surface area contributed by atoms with Crippen molar-refractivity contribution >= 4 is 29.5 Å². The minimum absolute atomic E-state index is 0.00746. The number of benzene rings is 3. The Kier molecular flexibility index (Phi) is 6.28. The third-order valence-corrected chi connectivity index (χ3v) is 6.39. The fraction of sp³-hybridized carbons (Fsp3) is 0.185. The molecule has 0 bridgehead atoms. The molecule has 3 aromatic rings. The summed E-state index contributed by atoms with van der Waals surface area (Å²) in [6, 6.07) is 15.8. The highest BCUT2D eigenvalue weighted by molar-refractivity contribution is 6.30. The van der Waals surface area contributed by atoms with Gasteiger partial charge in [0.1, 0.15) is 11.8 Å². The maximum absolute atomic E-state index is 15.4. The van der Waals surface area contributed by atoms with Crippen LogP contribution in [-0.2, 0) is 9.53 Å². The molecule has 5 rings (SSSR count). The van der Waals surface area contributed by atoms with Crippen molar-refractivity contribution in [2.75, 3.05) is 20.3 Å². The molecule has 0 radical (unpaired) electrons. The Morgan fingerprint density at radius 2 is 1.94 bits per heavy atom. The average molecular weight is 492 g/mol. The molecular formula is C27H23ClFN3O3. The lowest BCUT2D eigenvalue weighted by molar-refractivity contribution is -0.114. The molecule has 0 fully saturated rings. The Morgan fingerprint density at radius 3 is 2.69 bits per heavy atom. The van der Waals surface area contributed by atoms with Crippen LogP contribution < -0.4 is 10.5 Å². The van der Waals surface area contributed by atoms with E-state index in [1.54, 1.807) is 12.1 Å². The van der Waals surface area contributed by atoms with Gasteiger partial charge in [-0.2, -0.15) is 0 Å². The van der Waals surface area contributed by atoms with Gasteiger partial charge in [0.2, 0.25) is 6.41 Å². The van der Waals surface area contributed by atoms with Gasteiger partial charge in [0.25, 0.3) is 0 Å². The summed E-state index contributed by atoms with van der Waals surface area (Å²) >= 11 is 6.20. The molecule has 3 aromatic carbocycles. The SMILES string of the molecule is CN(C=O)C(N)=NC1c2cc(-c3cccc(Cl)c3)ccc2Oc2c(F)cc(C3=CCOCC3)cc21. The first-order chi connectivity index (χ1) is 16.9. The number of carbonyl (C=O) groups is 1. The summed E-state index contributed by atoms with van der Waals surface area (Å²) in [4.78, 5) is 17.1. The van der Waals surface area contributed by atoms with Gasteiger partial charge in [0, 0.05) is 23.2 Å². The summed E-state index contributed by atoms with van der Waals surface area (Å²) in [5.74, 6) is 0.0836. The Morgan fingerprint density at radius 1 is 1.14 bits per heavy atom. The highest BCUT2D eigenvalue weighted by atomic mass is 35.5. The maximum atomic E-state index is 15.4. The first-order valence-corrected chi connectivity index (χ1v) is 11.5. The molecule has 0 saturated heterocycles. The number of nitrogens with two attached hydrogens (primary N) is 1. The van der Waals surface area contributed by atoms with Gasteiger partial charge in [-0.3, -0.25) is 9.69 Å². The molecule has 6 nitrogen and oxygen atoms in total. The summed E-state index contributed by atoms with van der Waals surface area (Å²) in [7, 11) is 1.51. The number of nitrogens with zero attached hydrogens (tertiary/aromatic N) is 2. The van der Waals surface area contributed by atoms with Crippen molar-refractivity contribution in [3.05, 3.63) is 88.2 Å². The van der Waals surface area contributed by atoms with E-state index in [4.69, 9.17) is 26.8 Å². The van der Waals surface area contributed by atoms with E-state index >= 15 is 4.39 Å². The van der Waals surface area contributed by atoms with Crippen LogP contribution in [0.5, 0.6) is 11.5 Å². The Balaban J connectivity index is 1.68. The fourth-order valence-electron chi connectivity index (χ4n) is 4.30. The summed E-state index contributed by atoms with van der Waals surface area (Å²) in [6.45, 7) is 1.06. The van der Waals surface area contributed by atoms with Crippen molar-refractivity contribution in [1.29, 1.82) is 0 Å². The van der Waals surface area contributed by atoms with Crippen molar-refractivity contribution in [3.8, 4) is 22.6 Å². The van der Waals surface area contributed by atoms with Gasteiger partial charge < -0.3 is 15.2 Å². The quantitative estimate of drug-likeness (QED) is 0.295. The number of halogens is 2. The fourth-order valence-corrected chi connectivity index (χ4v) is 4.49. The summed E-state index contributed by atoms with van der Waals surface area (Å²) in [6.07, 6.45) is 3.21. The summed E-state index contributed by atoms with van der Waals surface area (Å²) < 4.78 is 26.8. The van der Waals surface area contributed by atoms with Crippen LogP contribution in [0.25, 0.3) is 16.7 Å². The number of amides is 1. The first kappa shape index (κ1) is 23.1. The predicted octanol–water partition coefficient (Wildman–Crippen LogP) is 5.55. The van der Waals surface area contributed by atoms with Crippen LogP contribution in [0, 0.1) is 5.82 Å². The largest absolute Gasteiger partial charge is 0.454 e. The van der Waals surface area contributed by atoms with Crippen molar-refractivity contribution in [2.45, 2.75) is 12.5 Å². The lowest BCUT2D eigenvalue weighted by Gasteiger charge is -2.28. The Labute approximate surface area is 207 Å². The normalized spacial score (nSPS) is 17.1. The molecule has 35 heavy (non-hydrogen) atoms. The molecule has 0 aliphatic carbocycles. The molecule has 8 heteroatoms. The molecule has 0 aromatic heterocycles. The average Bonchev–Trinajstić information content (AvgIpc) is 2.88. The summed E-state index contributed by atoms with van der Waals surface area (Å²) in [5, 5.41) is 0.615. The molecule has 2 aliphatic rings. The predicted molar refractivity (Wildman–Crippen MR) is 134 cm³/mol. The molecule has 0 saturated carbocycles. The third-order valence-electron chi connectivity index (χ3n) is 6.16. The van der Waals surface area contributed by atoms with E-state index in [0.29, 0.717) is 47.9 Å². The number of guanidine groups is 1. The molecule has 1 atom stereocenters. The van der Waals surface area contributed by atoms with E-state index in [1.165, 1.54) is 18.0 Å². The topological polar surface area (TPSA) is 77.2 Å². The van der Waals surface area contributed by atoms with Gasteiger partial charge in [0.05, 0.1) is 13.2 Å². The second kappa shape index (κ2) is 9.52. The number of fused-ring (bicyclic) bond motifs is 2. The van der Waals surface area contributed by atoms with Crippen LogP contribution >= 0.6 is 11.6 Å². The zero-order chi connectivity index (χ0) is 24.5. The van der Waals surface area contributed by atoms with Gasteiger partial charge in [-0.1, -0.05) is 35.9 Å². The Bertz CT molecular complexity index is 1370. The highest BCUT2D eigenvalue weighted by Crippen LogP contribution is 2.48. The van der Waals surface area contributed by atoms with Crippen LogP contribution in [-0.4, -0.2) is 37.5 Å². The number of rotatable bonds is 4. The molecule has 0 spiro atoms. The zero-order valence-corrected chi connectivity index (χ0v) is 19.8. The van der Waals surface area contributed by atoms with Crippen LogP contribution in [0.3, 0.4) is 0 Å². The number of aliphatic imine (C=N–C) groups is 1. The van der Waals surface area contributed by atoms with E-state index in [-0.39, 0.29) is 11.7 Å². The smallest absolute Gasteiger partial charge is 0.216 e. The lowest BCUT2D eigenvalue weighted by atomic mass is 9.89. The standard InChI is InChI=1S/C27H23ClFN3O3/c1-32(15-33)27(30)31-25-21-12-18(17-3-2-4-20(28)11-17)5-6-24(21)35-26-22(25)13-19(14-23(26)29)16-7-9-34-10-8-16/h2-7,11-15,25H,8-10H2,1H3,(H2,30,31). The molecule has 2 aliphatic heterocycles. The second-order valence-corrected chi connectivity index (χ2v) is 8.84. The van der Waals surface area contributed by atoms with Crippen molar-refractivity contribution in [3.63, 3.8) is 0 Å². The van der Waals surface area contributed by atoms with Gasteiger partial charge in [-0.25, -0.2) is 9.38 Å². The molecule has 1 amide bonds. The van der Waals surface area contributed by atoms with Gasteiger partial charge >= 0.3 is 0 Å². The zero-order valence-electron chi connectivity index (χ0n) is 19.0. The van der Waals surface area contributed by atoms with E-state index < -0.39 is 11.9 Å². The maximum Gasteiger partial charge on any atom is 0.216 e. The number of hydrogen-bond acceptors (Lipinski definition) is 4. The molecule has 178 valence electrons.